The molecule has 0 aliphatic carbocycles. The normalized spacial score (nSPS) is 12.3. The van der Waals surface area contributed by atoms with Gasteiger partial charge in [-0.25, -0.2) is 4.79 Å². The zero-order valence-corrected chi connectivity index (χ0v) is 17.1. The second kappa shape index (κ2) is 7.89. The van der Waals surface area contributed by atoms with Crippen LogP contribution in [0.3, 0.4) is 0 Å². The number of benzene rings is 3. The molecule has 156 valence electrons. The molecule has 1 aromatic heterocycles. The van der Waals surface area contributed by atoms with Gasteiger partial charge in [0.15, 0.2) is 11.5 Å². The molecule has 2 heterocycles. The van der Waals surface area contributed by atoms with Crippen LogP contribution in [0.15, 0.2) is 66.7 Å². The van der Waals surface area contributed by atoms with Gasteiger partial charge in [0.2, 0.25) is 6.79 Å². The van der Waals surface area contributed by atoms with Crippen molar-refractivity contribution in [2.75, 3.05) is 6.79 Å². The topological polar surface area (TPSA) is 69.9 Å². The van der Waals surface area contributed by atoms with Crippen LogP contribution in [0.5, 0.6) is 17.2 Å². The highest BCUT2D eigenvalue weighted by atomic mass is 35.5. The molecule has 7 heteroatoms. The molecule has 0 bridgehead atoms. The Morgan fingerprint density at radius 1 is 1.03 bits per heavy atom. The van der Waals surface area contributed by atoms with Crippen LogP contribution in [0.25, 0.3) is 10.9 Å². The summed E-state index contributed by atoms with van der Waals surface area (Å²) in [6.07, 6.45) is 0. The fraction of sp³-hybridized carbons (Fsp3) is 0.125. The minimum Gasteiger partial charge on any atom is -0.489 e. The van der Waals surface area contributed by atoms with E-state index < -0.39 is 5.97 Å². The molecule has 0 fully saturated rings. The van der Waals surface area contributed by atoms with Crippen molar-refractivity contribution in [2.45, 2.75) is 13.2 Å². The van der Waals surface area contributed by atoms with E-state index >= 15 is 0 Å². The molecule has 31 heavy (non-hydrogen) atoms. The van der Waals surface area contributed by atoms with Crippen LogP contribution >= 0.6 is 11.6 Å². The second-order valence-corrected chi connectivity index (χ2v) is 7.62. The van der Waals surface area contributed by atoms with Gasteiger partial charge in [-0.15, -0.1) is 0 Å². The Labute approximate surface area is 183 Å². The van der Waals surface area contributed by atoms with Crippen LogP contribution in [0.2, 0.25) is 5.02 Å². The number of ether oxygens (including phenoxy) is 3. The molecule has 0 amide bonds. The van der Waals surface area contributed by atoms with Crippen molar-refractivity contribution in [1.82, 2.24) is 4.57 Å². The van der Waals surface area contributed by atoms with Crippen LogP contribution in [-0.2, 0) is 13.2 Å². The minimum atomic E-state index is -1.01. The number of fused-ring (bicyclic) bond motifs is 2. The summed E-state index contributed by atoms with van der Waals surface area (Å²) in [6.45, 7) is 0.865. The van der Waals surface area contributed by atoms with E-state index in [9.17, 15) is 9.90 Å². The van der Waals surface area contributed by atoms with E-state index in [1.54, 1.807) is 22.8 Å². The first-order valence-corrected chi connectivity index (χ1v) is 10.1. The van der Waals surface area contributed by atoms with Crippen molar-refractivity contribution in [2.24, 2.45) is 0 Å². The van der Waals surface area contributed by atoms with E-state index in [2.05, 4.69) is 0 Å². The number of carbonyl (C=O) groups is 1. The summed E-state index contributed by atoms with van der Waals surface area (Å²) in [6, 6.07) is 20.6. The molecule has 0 saturated carbocycles. The number of aromatic nitrogens is 1. The Hall–Kier alpha value is -3.64. The summed E-state index contributed by atoms with van der Waals surface area (Å²) in [5.74, 6) is 0.848. The standard InChI is InChI=1S/C24H18ClNO5/c25-19-11-23-22(30-14-31-23)10-17(19)12-26-20-7-6-18(8-16(20)9-21(26)24(27)28)29-13-15-4-2-1-3-5-15/h1-11H,12-14H2,(H,27,28). The molecule has 0 atom stereocenters. The van der Waals surface area contributed by atoms with E-state index in [1.165, 1.54) is 0 Å². The Morgan fingerprint density at radius 2 is 1.81 bits per heavy atom. The Kier molecular flexibility index (Phi) is 4.92. The first-order valence-electron chi connectivity index (χ1n) is 9.70. The van der Waals surface area contributed by atoms with Crippen LogP contribution < -0.4 is 14.2 Å². The highest BCUT2D eigenvalue weighted by molar-refractivity contribution is 6.31. The molecule has 1 aliphatic heterocycles. The number of hydrogen-bond acceptors (Lipinski definition) is 4. The fourth-order valence-corrected chi connectivity index (χ4v) is 3.89. The van der Waals surface area contributed by atoms with Gasteiger partial charge in [-0.3, -0.25) is 0 Å². The van der Waals surface area contributed by atoms with E-state index in [-0.39, 0.29) is 19.0 Å². The number of carboxylic acids is 1. The SMILES string of the molecule is O=C(O)c1cc2cc(OCc3ccccc3)ccc2n1Cc1cc2c(cc1Cl)OCO2. The highest BCUT2D eigenvalue weighted by Gasteiger charge is 2.20. The smallest absolute Gasteiger partial charge is 0.352 e. The average Bonchev–Trinajstić information content (AvgIpc) is 3.37. The molecule has 6 nitrogen and oxygen atoms in total. The number of rotatable bonds is 6. The minimum absolute atomic E-state index is 0.147. The summed E-state index contributed by atoms with van der Waals surface area (Å²) in [7, 11) is 0. The zero-order valence-electron chi connectivity index (χ0n) is 16.4. The third-order valence-electron chi connectivity index (χ3n) is 5.21. The maximum Gasteiger partial charge on any atom is 0.352 e. The summed E-state index contributed by atoms with van der Waals surface area (Å²) >= 11 is 6.42. The summed E-state index contributed by atoms with van der Waals surface area (Å²) < 4.78 is 18.4. The van der Waals surface area contributed by atoms with E-state index in [1.807, 2.05) is 48.5 Å². The maximum absolute atomic E-state index is 11.9. The van der Waals surface area contributed by atoms with Crippen LogP contribution in [-0.4, -0.2) is 22.4 Å². The van der Waals surface area contributed by atoms with E-state index in [0.29, 0.717) is 28.9 Å². The number of aromatic carboxylic acids is 1. The number of hydrogen-bond donors (Lipinski definition) is 1. The lowest BCUT2D eigenvalue weighted by molar-refractivity contribution is 0.0686. The number of nitrogens with zero attached hydrogens (tertiary/aromatic N) is 1. The molecule has 4 aromatic rings. The van der Waals surface area contributed by atoms with E-state index in [4.69, 9.17) is 25.8 Å². The Bertz CT molecular complexity index is 1280. The molecule has 3 aromatic carbocycles. The summed E-state index contributed by atoms with van der Waals surface area (Å²) in [5, 5.41) is 11.0. The second-order valence-electron chi connectivity index (χ2n) is 7.21. The number of carboxylic acid groups (broad SMARTS) is 1. The molecule has 0 saturated heterocycles. The maximum atomic E-state index is 11.9. The van der Waals surface area contributed by atoms with Gasteiger partial charge >= 0.3 is 5.97 Å². The fourth-order valence-electron chi connectivity index (χ4n) is 3.68. The average molecular weight is 436 g/mol. The predicted octanol–water partition coefficient (Wildman–Crippen LogP) is 5.35. The first-order chi connectivity index (χ1) is 15.1. The highest BCUT2D eigenvalue weighted by Crippen LogP contribution is 2.37. The van der Waals surface area contributed by atoms with Crippen molar-refractivity contribution < 1.29 is 24.1 Å². The van der Waals surface area contributed by atoms with Gasteiger partial charge in [0.1, 0.15) is 18.1 Å². The van der Waals surface area contributed by atoms with Crippen molar-refractivity contribution in [3.63, 3.8) is 0 Å². The van der Waals surface area contributed by atoms with Gasteiger partial charge < -0.3 is 23.9 Å². The largest absolute Gasteiger partial charge is 0.489 e. The van der Waals surface area contributed by atoms with Gasteiger partial charge in [0.25, 0.3) is 0 Å². The van der Waals surface area contributed by atoms with E-state index in [0.717, 1.165) is 22.0 Å². The first kappa shape index (κ1) is 19.3. The van der Waals surface area contributed by atoms with Crippen LogP contribution in [0, 0.1) is 0 Å². The summed E-state index contributed by atoms with van der Waals surface area (Å²) in [5.41, 5.74) is 2.75. The summed E-state index contributed by atoms with van der Waals surface area (Å²) in [4.78, 5) is 11.9. The molecular weight excluding hydrogens is 418 g/mol. The lowest BCUT2D eigenvalue weighted by Crippen LogP contribution is -2.09. The Balaban J connectivity index is 1.47. The van der Waals surface area contributed by atoms with Crippen molar-refractivity contribution in [3.8, 4) is 17.2 Å². The van der Waals surface area contributed by atoms with Gasteiger partial charge in [0.05, 0.1) is 6.54 Å². The molecule has 0 radical (unpaired) electrons. The molecule has 0 unspecified atom stereocenters. The van der Waals surface area contributed by atoms with Crippen molar-refractivity contribution in [3.05, 3.63) is 88.6 Å². The predicted molar refractivity (Wildman–Crippen MR) is 116 cm³/mol. The van der Waals surface area contributed by atoms with Crippen molar-refractivity contribution >= 4 is 28.5 Å². The Morgan fingerprint density at radius 3 is 2.58 bits per heavy atom. The lowest BCUT2D eigenvalue weighted by Gasteiger charge is -2.12. The third-order valence-corrected chi connectivity index (χ3v) is 5.56. The molecule has 1 N–H and O–H groups in total. The monoisotopic (exact) mass is 435 g/mol. The van der Waals surface area contributed by atoms with Gasteiger partial charge in [-0.2, -0.15) is 0 Å². The molecule has 1 aliphatic rings. The van der Waals surface area contributed by atoms with Crippen molar-refractivity contribution in [1.29, 1.82) is 0 Å². The molecular formula is C24H18ClNO5. The van der Waals surface area contributed by atoms with Gasteiger partial charge in [-0.05, 0) is 41.5 Å². The zero-order chi connectivity index (χ0) is 21.4. The van der Waals surface area contributed by atoms with Gasteiger partial charge in [0, 0.05) is 22.0 Å². The van der Waals surface area contributed by atoms with Crippen LogP contribution in [0.4, 0.5) is 0 Å². The molecule has 5 rings (SSSR count). The molecule has 0 spiro atoms. The third kappa shape index (κ3) is 3.78. The lowest BCUT2D eigenvalue weighted by atomic mass is 10.2. The quantitative estimate of drug-likeness (QED) is 0.442. The van der Waals surface area contributed by atoms with Gasteiger partial charge in [-0.1, -0.05) is 41.9 Å². The number of halogens is 1. The van der Waals surface area contributed by atoms with Crippen LogP contribution in [0.1, 0.15) is 21.6 Å².